The summed E-state index contributed by atoms with van der Waals surface area (Å²) in [6.45, 7) is 10.5. The number of thiazole rings is 1. The van der Waals surface area contributed by atoms with E-state index in [1.54, 1.807) is 0 Å². The molecule has 0 amide bonds. The molecule has 2 atom stereocenters. The van der Waals surface area contributed by atoms with Crippen molar-refractivity contribution in [3.05, 3.63) is 10.6 Å². The van der Waals surface area contributed by atoms with Gasteiger partial charge in [-0.1, -0.05) is 20.8 Å². The minimum absolute atomic E-state index is 0.502. The highest BCUT2D eigenvalue weighted by atomic mass is 32.1. The van der Waals surface area contributed by atoms with Crippen molar-refractivity contribution in [2.24, 2.45) is 11.8 Å². The van der Waals surface area contributed by atoms with Crippen LogP contribution in [0.15, 0.2) is 0 Å². The van der Waals surface area contributed by atoms with Gasteiger partial charge in [-0.05, 0) is 50.5 Å². The second-order valence-corrected chi connectivity index (χ2v) is 8.00. The summed E-state index contributed by atoms with van der Waals surface area (Å²) in [6, 6.07) is 0.502. The van der Waals surface area contributed by atoms with Crippen molar-refractivity contribution >= 4 is 16.5 Å². The number of hydrogen-bond acceptors (Lipinski definition) is 4. The van der Waals surface area contributed by atoms with Gasteiger partial charge in [0.15, 0.2) is 5.13 Å². The molecule has 0 aromatic carbocycles. The topological polar surface area (TPSA) is 28.2 Å². The maximum atomic E-state index is 5.04. The molecular weight excluding hydrogens is 278 g/mol. The van der Waals surface area contributed by atoms with Gasteiger partial charge in [0.2, 0.25) is 0 Å². The zero-order chi connectivity index (χ0) is 14.8. The molecule has 2 heterocycles. The van der Waals surface area contributed by atoms with Crippen LogP contribution in [0.2, 0.25) is 0 Å². The molecule has 3 rings (SSSR count). The first-order valence-electron chi connectivity index (χ1n) is 8.67. The molecule has 1 fully saturated rings. The van der Waals surface area contributed by atoms with Crippen LogP contribution in [0.3, 0.4) is 0 Å². The van der Waals surface area contributed by atoms with E-state index in [-0.39, 0.29) is 0 Å². The summed E-state index contributed by atoms with van der Waals surface area (Å²) in [4.78, 5) is 9.11. The van der Waals surface area contributed by atoms with E-state index in [0.717, 1.165) is 18.4 Å². The van der Waals surface area contributed by atoms with E-state index in [2.05, 4.69) is 31.0 Å². The quantitative estimate of drug-likeness (QED) is 0.891. The summed E-state index contributed by atoms with van der Waals surface area (Å²) in [6.07, 6.45) is 6.33. The van der Waals surface area contributed by atoms with Crippen molar-refractivity contribution in [1.82, 2.24) is 10.3 Å². The third-order valence-electron chi connectivity index (χ3n) is 5.02. The van der Waals surface area contributed by atoms with Crippen LogP contribution in [-0.4, -0.2) is 24.6 Å². The highest BCUT2D eigenvalue weighted by Crippen LogP contribution is 2.38. The number of rotatable bonds is 5. The zero-order valence-corrected chi connectivity index (χ0v) is 14.5. The van der Waals surface area contributed by atoms with Crippen LogP contribution in [-0.2, 0) is 6.42 Å². The van der Waals surface area contributed by atoms with Gasteiger partial charge in [0, 0.05) is 18.0 Å². The Kier molecular flexibility index (Phi) is 4.85. The molecule has 0 saturated carbocycles. The molecule has 21 heavy (non-hydrogen) atoms. The molecule has 2 unspecified atom stereocenters. The lowest BCUT2D eigenvalue weighted by Gasteiger charge is -2.22. The summed E-state index contributed by atoms with van der Waals surface area (Å²) in [5.74, 6) is 1.64. The first-order valence-corrected chi connectivity index (χ1v) is 9.48. The Balaban J connectivity index is 1.73. The van der Waals surface area contributed by atoms with E-state index in [9.17, 15) is 0 Å². The van der Waals surface area contributed by atoms with Crippen LogP contribution in [0.4, 0.5) is 5.13 Å². The Morgan fingerprint density at radius 1 is 1.38 bits per heavy atom. The summed E-state index contributed by atoms with van der Waals surface area (Å²) < 4.78 is 0. The van der Waals surface area contributed by atoms with Crippen molar-refractivity contribution < 1.29 is 0 Å². The van der Waals surface area contributed by atoms with Gasteiger partial charge >= 0.3 is 0 Å². The normalized spacial score (nSPS) is 25.6. The first-order chi connectivity index (χ1) is 10.2. The van der Waals surface area contributed by atoms with Crippen LogP contribution in [0.1, 0.15) is 63.1 Å². The standard InChI is InChI=1S/C17H29N3S/c1-4-9-18-14-6-5-7-15-16(14)19-17(21-15)20-10-8-13(11-20)12(2)3/h12-14,18H,4-11H2,1-3H3. The van der Waals surface area contributed by atoms with E-state index >= 15 is 0 Å². The van der Waals surface area contributed by atoms with Crippen molar-refractivity contribution in [2.45, 2.75) is 58.9 Å². The molecule has 1 saturated heterocycles. The van der Waals surface area contributed by atoms with Crippen LogP contribution in [0, 0.1) is 11.8 Å². The van der Waals surface area contributed by atoms with E-state index in [1.807, 2.05) is 11.3 Å². The van der Waals surface area contributed by atoms with Crippen molar-refractivity contribution in [1.29, 1.82) is 0 Å². The number of aryl methyl sites for hydroxylation is 1. The molecule has 0 spiro atoms. The second kappa shape index (κ2) is 6.66. The maximum absolute atomic E-state index is 5.04. The molecule has 1 N–H and O–H groups in total. The molecule has 0 bridgehead atoms. The average Bonchev–Trinajstić information content (AvgIpc) is 3.11. The van der Waals surface area contributed by atoms with Gasteiger partial charge in [0.05, 0.1) is 11.7 Å². The number of fused-ring (bicyclic) bond motifs is 1. The van der Waals surface area contributed by atoms with Crippen LogP contribution in [0.5, 0.6) is 0 Å². The molecule has 3 nitrogen and oxygen atoms in total. The molecule has 1 aliphatic heterocycles. The SMILES string of the molecule is CCCNC1CCCc2sc(N3CCC(C(C)C)C3)nc21. The lowest BCUT2D eigenvalue weighted by Crippen LogP contribution is -2.26. The van der Waals surface area contributed by atoms with Crippen molar-refractivity contribution in [3.8, 4) is 0 Å². The van der Waals surface area contributed by atoms with E-state index in [0.29, 0.717) is 6.04 Å². The Morgan fingerprint density at radius 2 is 2.24 bits per heavy atom. The first kappa shape index (κ1) is 15.3. The van der Waals surface area contributed by atoms with Crippen LogP contribution in [0.25, 0.3) is 0 Å². The fourth-order valence-corrected chi connectivity index (χ4v) is 4.76. The Morgan fingerprint density at radius 3 is 2.95 bits per heavy atom. The lowest BCUT2D eigenvalue weighted by molar-refractivity contribution is 0.422. The fraction of sp³-hybridized carbons (Fsp3) is 0.824. The van der Waals surface area contributed by atoms with Crippen molar-refractivity contribution in [3.63, 3.8) is 0 Å². The van der Waals surface area contributed by atoms with Gasteiger partial charge in [-0.3, -0.25) is 0 Å². The van der Waals surface area contributed by atoms with E-state index < -0.39 is 0 Å². The summed E-state index contributed by atoms with van der Waals surface area (Å²) in [5.41, 5.74) is 1.36. The molecule has 0 radical (unpaired) electrons. The zero-order valence-electron chi connectivity index (χ0n) is 13.7. The number of hydrogen-bond donors (Lipinski definition) is 1. The Hall–Kier alpha value is -0.610. The molecule has 4 heteroatoms. The largest absolute Gasteiger partial charge is 0.348 e. The number of anilines is 1. The third kappa shape index (κ3) is 3.26. The Labute approximate surface area is 133 Å². The monoisotopic (exact) mass is 307 g/mol. The molecule has 1 aromatic rings. The molecule has 1 aliphatic carbocycles. The van der Waals surface area contributed by atoms with Gasteiger partial charge in [0.1, 0.15) is 0 Å². The highest BCUT2D eigenvalue weighted by Gasteiger charge is 2.30. The smallest absolute Gasteiger partial charge is 0.185 e. The van der Waals surface area contributed by atoms with Gasteiger partial charge in [-0.25, -0.2) is 4.98 Å². The highest BCUT2D eigenvalue weighted by molar-refractivity contribution is 7.15. The second-order valence-electron chi connectivity index (χ2n) is 6.94. The van der Waals surface area contributed by atoms with E-state index in [4.69, 9.17) is 4.98 Å². The molecule has 118 valence electrons. The minimum Gasteiger partial charge on any atom is -0.348 e. The van der Waals surface area contributed by atoms with Gasteiger partial charge in [0.25, 0.3) is 0 Å². The summed E-state index contributed by atoms with van der Waals surface area (Å²) in [5, 5.41) is 4.97. The average molecular weight is 308 g/mol. The van der Waals surface area contributed by atoms with Gasteiger partial charge in [-0.2, -0.15) is 0 Å². The minimum atomic E-state index is 0.502. The Bertz CT molecular complexity index is 469. The predicted octanol–water partition coefficient (Wildman–Crippen LogP) is 4.00. The summed E-state index contributed by atoms with van der Waals surface area (Å²) in [7, 11) is 0. The number of nitrogens with one attached hydrogen (secondary N) is 1. The van der Waals surface area contributed by atoms with Gasteiger partial charge in [-0.15, -0.1) is 11.3 Å². The van der Waals surface area contributed by atoms with Crippen LogP contribution < -0.4 is 10.2 Å². The predicted molar refractivity (Wildman–Crippen MR) is 91.2 cm³/mol. The van der Waals surface area contributed by atoms with Crippen LogP contribution >= 0.6 is 11.3 Å². The lowest BCUT2D eigenvalue weighted by atomic mass is 9.95. The number of aromatic nitrogens is 1. The molecule has 2 aliphatic rings. The van der Waals surface area contributed by atoms with E-state index in [1.165, 1.54) is 60.9 Å². The van der Waals surface area contributed by atoms with Gasteiger partial charge < -0.3 is 10.2 Å². The number of nitrogens with zero attached hydrogens (tertiary/aromatic N) is 2. The molecular formula is C17H29N3S. The third-order valence-corrected chi connectivity index (χ3v) is 6.21. The summed E-state index contributed by atoms with van der Waals surface area (Å²) >= 11 is 1.96. The maximum Gasteiger partial charge on any atom is 0.185 e. The molecule has 1 aromatic heterocycles. The fourth-order valence-electron chi connectivity index (χ4n) is 3.56. The van der Waals surface area contributed by atoms with Crippen molar-refractivity contribution in [2.75, 3.05) is 24.5 Å².